The SMILES string of the molecule is COC(=O)CC(CN)c1ccccc1OC. The van der Waals surface area contributed by atoms with E-state index in [1.165, 1.54) is 7.11 Å². The molecule has 1 atom stereocenters. The van der Waals surface area contributed by atoms with Crippen LogP contribution < -0.4 is 10.5 Å². The zero-order chi connectivity index (χ0) is 12.0. The highest BCUT2D eigenvalue weighted by Crippen LogP contribution is 2.28. The molecule has 88 valence electrons. The number of benzene rings is 1. The maximum Gasteiger partial charge on any atom is 0.306 e. The summed E-state index contributed by atoms with van der Waals surface area (Å²) in [5, 5.41) is 0. The number of rotatable bonds is 5. The van der Waals surface area contributed by atoms with E-state index in [2.05, 4.69) is 4.74 Å². The van der Waals surface area contributed by atoms with Crippen LogP contribution >= 0.6 is 0 Å². The van der Waals surface area contributed by atoms with E-state index in [9.17, 15) is 4.79 Å². The molecule has 1 aromatic rings. The minimum absolute atomic E-state index is 0.0661. The minimum Gasteiger partial charge on any atom is -0.496 e. The van der Waals surface area contributed by atoms with Gasteiger partial charge >= 0.3 is 5.97 Å². The van der Waals surface area contributed by atoms with Crippen LogP contribution in [0.4, 0.5) is 0 Å². The van der Waals surface area contributed by atoms with E-state index in [0.29, 0.717) is 6.54 Å². The van der Waals surface area contributed by atoms with Crippen LogP contribution in [0.3, 0.4) is 0 Å². The van der Waals surface area contributed by atoms with E-state index in [4.69, 9.17) is 10.5 Å². The van der Waals surface area contributed by atoms with E-state index >= 15 is 0 Å². The predicted molar refractivity (Wildman–Crippen MR) is 61.4 cm³/mol. The summed E-state index contributed by atoms with van der Waals surface area (Å²) in [7, 11) is 2.97. The molecular formula is C12H17NO3. The Hall–Kier alpha value is -1.55. The van der Waals surface area contributed by atoms with Crippen molar-refractivity contribution in [2.75, 3.05) is 20.8 Å². The second-order valence-electron chi connectivity index (χ2n) is 3.45. The average Bonchev–Trinajstić information content (AvgIpc) is 2.35. The Morgan fingerprint density at radius 2 is 2.06 bits per heavy atom. The molecule has 1 rings (SSSR count). The van der Waals surface area contributed by atoms with Crippen LogP contribution in [0, 0.1) is 0 Å². The monoisotopic (exact) mass is 223 g/mol. The second kappa shape index (κ2) is 6.12. The Morgan fingerprint density at radius 1 is 1.38 bits per heavy atom. The third-order valence-electron chi connectivity index (χ3n) is 2.50. The minimum atomic E-state index is -0.263. The lowest BCUT2D eigenvalue weighted by atomic mass is 9.95. The van der Waals surface area contributed by atoms with E-state index in [0.717, 1.165) is 11.3 Å². The van der Waals surface area contributed by atoms with Gasteiger partial charge in [0.25, 0.3) is 0 Å². The summed E-state index contributed by atoms with van der Waals surface area (Å²) in [6.07, 6.45) is 0.271. The lowest BCUT2D eigenvalue weighted by molar-refractivity contribution is -0.141. The van der Waals surface area contributed by atoms with Gasteiger partial charge in [0, 0.05) is 5.92 Å². The van der Waals surface area contributed by atoms with Crippen LogP contribution in [0.15, 0.2) is 24.3 Å². The molecule has 0 radical (unpaired) electrons. The van der Waals surface area contributed by atoms with Gasteiger partial charge in [-0.1, -0.05) is 18.2 Å². The molecule has 0 aromatic heterocycles. The fourth-order valence-corrected chi connectivity index (χ4v) is 1.61. The number of carbonyl (C=O) groups is 1. The normalized spacial score (nSPS) is 11.9. The maximum absolute atomic E-state index is 11.2. The predicted octanol–water partition coefficient (Wildman–Crippen LogP) is 1.30. The van der Waals surface area contributed by atoms with E-state index in [-0.39, 0.29) is 18.3 Å². The highest BCUT2D eigenvalue weighted by molar-refractivity contribution is 5.70. The number of esters is 1. The number of para-hydroxylation sites is 1. The molecule has 4 nitrogen and oxygen atoms in total. The molecule has 0 bridgehead atoms. The molecule has 0 saturated heterocycles. The third-order valence-corrected chi connectivity index (χ3v) is 2.50. The van der Waals surface area contributed by atoms with Crippen molar-refractivity contribution in [2.24, 2.45) is 5.73 Å². The Bertz CT molecular complexity index is 352. The molecular weight excluding hydrogens is 206 g/mol. The van der Waals surface area contributed by atoms with E-state index < -0.39 is 0 Å². The molecule has 0 fully saturated rings. The molecule has 0 saturated carbocycles. The number of ether oxygens (including phenoxy) is 2. The molecule has 0 aliphatic carbocycles. The largest absolute Gasteiger partial charge is 0.496 e. The van der Waals surface area contributed by atoms with Crippen LogP contribution in [-0.2, 0) is 9.53 Å². The van der Waals surface area contributed by atoms with E-state index in [1.54, 1.807) is 7.11 Å². The van der Waals surface area contributed by atoms with Crippen molar-refractivity contribution in [3.63, 3.8) is 0 Å². The standard InChI is InChI=1S/C12H17NO3/c1-15-11-6-4-3-5-10(11)9(8-13)7-12(14)16-2/h3-6,9H,7-8,13H2,1-2H3. The number of nitrogens with two attached hydrogens (primary N) is 1. The number of hydrogen-bond acceptors (Lipinski definition) is 4. The fraction of sp³-hybridized carbons (Fsp3) is 0.417. The summed E-state index contributed by atoms with van der Waals surface area (Å²) < 4.78 is 9.88. The van der Waals surface area contributed by atoms with Gasteiger partial charge in [-0.25, -0.2) is 0 Å². The van der Waals surface area contributed by atoms with E-state index in [1.807, 2.05) is 24.3 Å². The van der Waals surface area contributed by atoms with Crippen LogP contribution in [0.25, 0.3) is 0 Å². The molecule has 0 heterocycles. The molecule has 0 aliphatic rings. The summed E-state index contributed by atoms with van der Waals surface area (Å²) in [5.41, 5.74) is 6.61. The summed E-state index contributed by atoms with van der Waals surface area (Å²) in [5.74, 6) is 0.423. The fourth-order valence-electron chi connectivity index (χ4n) is 1.61. The highest BCUT2D eigenvalue weighted by Gasteiger charge is 2.18. The van der Waals surface area contributed by atoms with Gasteiger partial charge < -0.3 is 15.2 Å². The van der Waals surface area contributed by atoms with Gasteiger partial charge in [0.1, 0.15) is 5.75 Å². The van der Waals surface area contributed by atoms with Gasteiger partial charge in [0.15, 0.2) is 0 Å². The first-order chi connectivity index (χ1) is 7.72. The zero-order valence-electron chi connectivity index (χ0n) is 9.60. The van der Waals surface area contributed by atoms with Crippen LogP contribution in [0.2, 0.25) is 0 Å². The molecule has 0 amide bonds. The van der Waals surface area contributed by atoms with Gasteiger partial charge in [-0.3, -0.25) is 4.79 Å². The Balaban J connectivity index is 2.89. The van der Waals surface area contributed by atoms with Crippen molar-refractivity contribution in [1.82, 2.24) is 0 Å². The first-order valence-corrected chi connectivity index (χ1v) is 5.12. The van der Waals surface area contributed by atoms with Gasteiger partial charge in [0.2, 0.25) is 0 Å². The summed E-state index contributed by atoms with van der Waals surface area (Å²) in [6, 6.07) is 7.56. The van der Waals surface area contributed by atoms with Gasteiger partial charge in [0.05, 0.1) is 20.6 Å². The average molecular weight is 223 g/mol. The van der Waals surface area contributed by atoms with Crippen molar-refractivity contribution in [3.05, 3.63) is 29.8 Å². The number of hydrogen-bond donors (Lipinski definition) is 1. The topological polar surface area (TPSA) is 61.5 Å². The van der Waals surface area contributed by atoms with Crippen molar-refractivity contribution in [3.8, 4) is 5.75 Å². The van der Waals surface area contributed by atoms with Crippen LogP contribution in [0.5, 0.6) is 5.75 Å². The third kappa shape index (κ3) is 2.97. The van der Waals surface area contributed by atoms with Gasteiger partial charge in [-0.15, -0.1) is 0 Å². The summed E-state index contributed by atoms with van der Waals surface area (Å²) in [6.45, 7) is 0.384. The second-order valence-corrected chi connectivity index (χ2v) is 3.45. The smallest absolute Gasteiger partial charge is 0.306 e. The summed E-state index contributed by atoms with van der Waals surface area (Å²) >= 11 is 0. The quantitative estimate of drug-likeness (QED) is 0.764. The summed E-state index contributed by atoms with van der Waals surface area (Å²) in [4.78, 5) is 11.2. The lowest BCUT2D eigenvalue weighted by Crippen LogP contribution is -2.17. The number of methoxy groups -OCH3 is 2. The van der Waals surface area contributed by atoms with Crippen LogP contribution in [-0.4, -0.2) is 26.7 Å². The zero-order valence-corrected chi connectivity index (χ0v) is 9.60. The Morgan fingerprint density at radius 3 is 2.62 bits per heavy atom. The molecule has 0 spiro atoms. The van der Waals surface area contributed by atoms with Gasteiger partial charge in [-0.05, 0) is 18.2 Å². The van der Waals surface area contributed by atoms with Crippen LogP contribution in [0.1, 0.15) is 17.9 Å². The lowest BCUT2D eigenvalue weighted by Gasteiger charge is -2.16. The van der Waals surface area contributed by atoms with Crippen molar-refractivity contribution >= 4 is 5.97 Å². The maximum atomic E-state index is 11.2. The van der Waals surface area contributed by atoms with Crippen molar-refractivity contribution in [1.29, 1.82) is 0 Å². The molecule has 16 heavy (non-hydrogen) atoms. The molecule has 2 N–H and O–H groups in total. The van der Waals surface area contributed by atoms with Gasteiger partial charge in [-0.2, -0.15) is 0 Å². The molecule has 4 heteroatoms. The Kier molecular flexibility index (Phi) is 4.79. The Labute approximate surface area is 95.3 Å². The van der Waals surface area contributed by atoms with Crippen molar-refractivity contribution < 1.29 is 14.3 Å². The molecule has 0 aliphatic heterocycles. The first-order valence-electron chi connectivity index (χ1n) is 5.12. The number of carbonyl (C=O) groups excluding carboxylic acids is 1. The first kappa shape index (κ1) is 12.5. The molecule has 1 aromatic carbocycles. The molecule has 1 unspecified atom stereocenters. The van der Waals surface area contributed by atoms with Crippen molar-refractivity contribution in [2.45, 2.75) is 12.3 Å². The highest BCUT2D eigenvalue weighted by atomic mass is 16.5.